The van der Waals surface area contributed by atoms with Crippen LogP contribution in [0.2, 0.25) is 11.1 Å². The van der Waals surface area contributed by atoms with Crippen LogP contribution in [0.15, 0.2) is 0 Å². The Kier molecular flexibility index (Phi) is 3.73. The molecule has 2 nitrogen and oxygen atoms in total. The van der Waals surface area contributed by atoms with Gasteiger partial charge in [-0.05, 0) is 36.5 Å². The highest BCUT2D eigenvalue weighted by molar-refractivity contribution is 6.71. The summed E-state index contributed by atoms with van der Waals surface area (Å²) in [4.78, 5) is 0. The molecular weight excluding hydrogens is 228 g/mol. The van der Waals surface area contributed by atoms with Gasteiger partial charge in [0.2, 0.25) is 0 Å². The molecule has 0 aromatic rings. The lowest BCUT2D eigenvalue weighted by Gasteiger charge is -2.58. The van der Waals surface area contributed by atoms with Crippen LogP contribution in [0.1, 0.15) is 40.5 Å². The lowest BCUT2D eigenvalue weighted by molar-refractivity contribution is 0.0852. The van der Waals surface area contributed by atoms with Crippen LogP contribution in [-0.2, 0) is 8.85 Å². The Morgan fingerprint density at radius 2 is 1.00 bits per heavy atom. The van der Waals surface area contributed by atoms with Gasteiger partial charge in [-0.2, -0.15) is 0 Å². The van der Waals surface area contributed by atoms with Crippen LogP contribution < -0.4 is 0 Å². The third kappa shape index (κ3) is 1.82. The molecule has 2 aliphatic rings. The normalized spacial score (nSPS) is 46.2. The van der Waals surface area contributed by atoms with Gasteiger partial charge in [0.25, 0.3) is 0 Å². The molecule has 4 unspecified atom stereocenters. The molecule has 2 saturated carbocycles. The molecule has 17 heavy (non-hydrogen) atoms. The zero-order chi connectivity index (χ0) is 12.8. The van der Waals surface area contributed by atoms with Gasteiger partial charge in [0.05, 0.1) is 0 Å². The molecule has 3 heteroatoms. The van der Waals surface area contributed by atoms with Crippen molar-refractivity contribution >= 4 is 8.56 Å². The minimum absolute atomic E-state index is 0.702. The Morgan fingerprint density at radius 1 is 0.706 bits per heavy atom. The van der Waals surface area contributed by atoms with E-state index in [1.165, 1.54) is 12.8 Å². The average molecular weight is 256 g/mol. The molecule has 2 rings (SSSR count). The fourth-order valence-electron chi connectivity index (χ4n) is 4.93. The van der Waals surface area contributed by atoms with Crippen LogP contribution in [0.3, 0.4) is 0 Å². The monoisotopic (exact) mass is 256 g/mol. The molecule has 0 N–H and O–H groups in total. The summed E-state index contributed by atoms with van der Waals surface area (Å²) < 4.78 is 12.2. The Labute approximate surface area is 107 Å². The molecule has 0 radical (unpaired) electrons. The Morgan fingerprint density at radius 3 is 1.18 bits per heavy atom. The van der Waals surface area contributed by atoms with Gasteiger partial charge in [-0.25, -0.2) is 0 Å². The maximum absolute atomic E-state index is 6.09. The van der Waals surface area contributed by atoms with Crippen molar-refractivity contribution in [3.05, 3.63) is 0 Å². The minimum Gasteiger partial charge on any atom is -0.397 e. The first-order valence-electron chi connectivity index (χ1n) is 7.08. The molecule has 2 aliphatic carbocycles. The molecular formula is C14H28O2Si. The van der Waals surface area contributed by atoms with Crippen molar-refractivity contribution in [2.45, 2.75) is 51.6 Å². The number of hydrogen-bond acceptors (Lipinski definition) is 2. The summed E-state index contributed by atoms with van der Waals surface area (Å²) in [7, 11) is 1.76. The second kappa shape index (κ2) is 4.67. The van der Waals surface area contributed by atoms with Crippen LogP contribution in [0.5, 0.6) is 0 Å². The summed E-state index contributed by atoms with van der Waals surface area (Å²) in [5.74, 6) is 3.15. The first-order valence-corrected chi connectivity index (χ1v) is 9.05. The first kappa shape index (κ1) is 13.6. The van der Waals surface area contributed by atoms with Crippen molar-refractivity contribution in [3.63, 3.8) is 0 Å². The van der Waals surface area contributed by atoms with E-state index in [4.69, 9.17) is 8.85 Å². The van der Waals surface area contributed by atoms with Gasteiger partial charge >= 0.3 is 8.56 Å². The molecule has 100 valence electrons. The molecule has 0 spiro atoms. The quantitative estimate of drug-likeness (QED) is 0.712. The minimum atomic E-state index is -2.03. The zero-order valence-electron chi connectivity index (χ0n) is 12.2. The standard InChI is InChI=1S/C14H28O2Si/c1-9-7-10(2)13(9)17(15-5,16-6)14-11(3)8-12(14)4/h9-14H,7-8H2,1-6H3. The van der Waals surface area contributed by atoms with Gasteiger partial charge in [0.15, 0.2) is 0 Å². The van der Waals surface area contributed by atoms with E-state index >= 15 is 0 Å². The van der Waals surface area contributed by atoms with E-state index in [2.05, 4.69) is 27.7 Å². The third-order valence-corrected chi connectivity index (χ3v) is 10.9. The summed E-state index contributed by atoms with van der Waals surface area (Å²) in [6.07, 6.45) is 2.70. The van der Waals surface area contributed by atoms with Gasteiger partial charge in [0.1, 0.15) is 0 Å². The van der Waals surface area contributed by atoms with E-state index in [0.29, 0.717) is 11.1 Å². The highest BCUT2D eigenvalue weighted by Crippen LogP contribution is 2.61. The molecule has 0 bridgehead atoms. The summed E-state index contributed by atoms with van der Waals surface area (Å²) in [6, 6.07) is 0. The van der Waals surface area contributed by atoms with Crippen LogP contribution in [0.4, 0.5) is 0 Å². The van der Waals surface area contributed by atoms with Crippen LogP contribution in [-0.4, -0.2) is 22.8 Å². The van der Waals surface area contributed by atoms with Crippen molar-refractivity contribution in [2.24, 2.45) is 23.7 Å². The van der Waals surface area contributed by atoms with Crippen LogP contribution in [0.25, 0.3) is 0 Å². The van der Waals surface area contributed by atoms with Gasteiger partial charge in [-0.15, -0.1) is 0 Å². The van der Waals surface area contributed by atoms with E-state index in [9.17, 15) is 0 Å². The molecule has 0 heterocycles. The van der Waals surface area contributed by atoms with Gasteiger partial charge in [-0.3, -0.25) is 0 Å². The second-order valence-electron chi connectivity index (χ2n) is 6.56. The van der Waals surface area contributed by atoms with Gasteiger partial charge in [-0.1, -0.05) is 27.7 Å². The topological polar surface area (TPSA) is 18.5 Å². The zero-order valence-corrected chi connectivity index (χ0v) is 13.2. The highest BCUT2D eigenvalue weighted by Gasteiger charge is 2.63. The van der Waals surface area contributed by atoms with E-state index in [0.717, 1.165) is 23.7 Å². The lowest BCUT2D eigenvalue weighted by Crippen LogP contribution is -2.62. The molecule has 0 aliphatic heterocycles. The summed E-state index contributed by atoms with van der Waals surface area (Å²) in [5.41, 5.74) is 1.40. The molecule has 2 fully saturated rings. The fourth-order valence-corrected chi connectivity index (χ4v) is 10.3. The maximum atomic E-state index is 6.09. The van der Waals surface area contributed by atoms with Crippen molar-refractivity contribution < 1.29 is 8.85 Å². The predicted octanol–water partition coefficient (Wildman–Crippen LogP) is 3.81. The van der Waals surface area contributed by atoms with E-state index in [-0.39, 0.29) is 0 Å². The summed E-state index contributed by atoms with van der Waals surface area (Å²) >= 11 is 0. The van der Waals surface area contributed by atoms with Crippen molar-refractivity contribution in [2.75, 3.05) is 14.2 Å². The van der Waals surface area contributed by atoms with Crippen LogP contribution in [0, 0.1) is 23.7 Å². The first-order chi connectivity index (χ1) is 7.97. The second-order valence-corrected chi connectivity index (χ2v) is 10.2. The van der Waals surface area contributed by atoms with E-state index in [1.807, 2.05) is 14.2 Å². The van der Waals surface area contributed by atoms with Gasteiger partial charge in [0, 0.05) is 25.3 Å². The maximum Gasteiger partial charge on any atom is 0.345 e. The Balaban J connectivity index is 2.25. The number of hydrogen-bond donors (Lipinski definition) is 0. The predicted molar refractivity (Wildman–Crippen MR) is 73.2 cm³/mol. The van der Waals surface area contributed by atoms with E-state index in [1.54, 1.807) is 0 Å². The van der Waals surface area contributed by atoms with Crippen LogP contribution >= 0.6 is 0 Å². The smallest absolute Gasteiger partial charge is 0.345 e. The molecule has 0 aromatic heterocycles. The largest absolute Gasteiger partial charge is 0.397 e. The van der Waals surface area contributed by atoms with E-state index < -0.39 is 8.56 Å². The Hall–Kier alpha value is 0.137. The molecule has 4 atom stereocenters. The third-order valence-electron chi connectivity index (χ3n) is 5.51. The Bertz CT molecular complexity index is 237. The van der Waals surface area contributed by atoms with Crippen molar-refractivity contribution in [3.8, 4) is 0 Å². The highest BCUT2D eigenvalue weighted by atomic mass is 28.4. The average Bonchev–Trinajstić information content (AvgIpc) is 2.27. The van der Waals surface area contributed by atoms with Crippen molar-refractivity contribution in [1.29, 1.82) is 0 Å². The van der Waals surface area contributed by atoms with Crippen molar-refractivity contribution in [1.82, 2.24) is 0 Å². The SMILES string of the molecule is CO[Si](OC)(C1C(C)CC1C)C1C(C)CC1C. The summed E-state index contributed by atoms with van der Waals surface area (Å²) in [5, 5.41) is 0. The molecule has 0 amide bonds. The molecule has 0 saturated heterocycles. The number of rotatable bonds is 4. The summed E-state index contributed by atoms with van der Waals surface area (Å²) in [6.45, 7) is 9.49. The fraction of sp³-hybridized carbons (Fsp3) is 1.00. The molecule has 0 aromatic carbocycles. The van der Waals surface area contributed by atoms with Gasteiger partial charge < -0.3 is 8.85 Å². The lowest BCUT2D eigenvalue weighted by atomic mass is 9.75.